The van der Waals surface area contributed by atoms with Crippen LogP contribution in [0.5, 0.6) is 0 Å². The van der Waals surface area contributed by atoms with Crippen molar-refractivity contribution in [3.63, 3.8) is 0 Å². The lowest BCUT2D eigenvalue weighted by atomic mass is 9.78. The number of hydrogen-bond acceptors (Lipinski definition) is 5. The van der Waals surface area contributed by atoms with Gasteiger partial charge < -0.3 is 14.2 Å². The van der Waals surface area contributed by atoms with Crippen LogP contribution in [0.25, 0.3) is 5.57 Å². The second-order valence-corrected chi connectivity index (χ2v) is 7.15. The predicted octanol–water partition coefficient (Wildman–Crippen LogP) is 3.51. The normalized spacial score (nSPS) is 25.6. The first-order chi connectivity index (χ1) is 12.1. The SMILES string of the molecule is CCOC(=O)COC1CCC2C(=O)C(c3ccc(Br)cc3)=COC2C1. The van der Waals surface area contributed by atoms with Crippen LogP contribution < -0.4 is 0 Å². The molecule has 0 aromatic heterocycles. The van der Waals surface area contributed by atoms with E-state index in [1.54, 1.807) is 13.2 Å². The number of rotatable bonds is 5. The third kappa shape index (κ3) is 4.30. The maximum atomic E-state index is 12.8. The molecule has 1 heterocycles. The van der Waals surface area contributed by atoms with Gasteiger partial charge in [0, 0.05) is 10.9 Å². The summed E-state index contributed by atoms with van der Waals surface area (Å²) < 4.78 is 17.3. The minimum absolute atomic E-state index is 0.0518. The topological polar surface area (TPSA) is 61.8 Å². The van der Waals surface area contributed by atoms with Gasteiger partial charge in [-0.3, -0.25) is 4.79 Å². The Labute approximate surface area is 155 Å². The molecule has 1 saturated carbocycles. The number of carbonyl (C=O) groups is 2. The maximum absolute atomic E-state index is 12.8. The Bertz CT molecular complexity index is 667. The molecule has 0 spiro atoms. The molecule has 1 aliphatic heterocycles. The molecule has 0 bridgehead atoms. The molecule has 2 aliphatic rings. The zero-order valence-electron chi connectivity index (χ0n) is 14.1. The van der Waals surface area contributed by atoms with Crippen LogP contribution in [0.4, 0.5) is 0 Å². The second-order valence-electron chi connectivity index (χ2n) is 6.23. The second kappa shape index (κ2) is 8.15. The van der Waals surface area contributed by atoms with Crippen LogP contribution in [-0.2, 0) is 23.8 Å². The smallest absolute Gasteiger partial charge is 0.332 e. The number of hydrogen-bond donors (Lipinski definition) is 0. The average Bonchev–Trinajstić information content (AvgIpc) is 2.61. The standard InChI is InChI=1S/C19H21BrO5/c1-2-23-18(21)11-24-14-7-8-15-17(9-14)25-10-16(19(15)22)12-3-5-13(20)6-4-12/h3-6,10,14-15,17H,2,7-9,11H2,1H3. The van der Waals surface area contributed by atoms with Crippen LogP contribution in [0.3, 0.4) is 0 Å². The van der Waals surface area contributed by atoms with Crippen molar-refractivity contribution in [3.8, 4) is 0 Å². The van der Waals surface area contributed by atoms with Crippen molar-refractivity contribution in [2.45, 2.75) is 38.4 Å². The third-order valence-electron chi connectivity index (χ3n) is 4.60. The van der Waals surface area contributed by atoms with Crippen molar-refractivity contribution in [3.05, 3.63) is 40.6 Å². The van der Waals surface area contributed by atoms with Crippen molar-refractivity contribution < 1.29 is 23.8 Å². The summed E-state index contributed by atoms with van der Waals surface area (Å²) in [5.41, 5.74) is 1.49. The molecule has 1 aromatic rings. The van der Waals surface area contributed by atoms with Crippen molar-refractivity contribution in [2.75, 3.05) is 13.2 Å². The average molecular weight is 409 g/mol. The zero-order chi connectivity index (χ0) is 17.8. The van der Waals surface area contributed by atoms with E-state index in [1.807, 2.05) is 24.3 Å². The molecule has 1 aromatic carbocycles. The summed E-state index contributed by atoms with van der Waals surface area (Å²) in [6.45, 7) is 2.06. The highest BCUT2D eigenvalue weighted by atomic mass is 79.9. The van der Waals surface area contributed by atoms with Crippen LogP contribution in [0.15, 0.2) is 35.0 Å². The van der Waals surface area contributed by atoms with Crippen LogP contribution in [0.2, 0.25) is 0 Å². The van der Waals surface area contributed by atoms with E-state index in [4.69, 9.17) is 14.2 Å². The van der Waals surface area contributed by atoms with Gasteiger partial charge in [-0.2, -0.15) is 0 Å². The Morgan fingerprint density at radius 1 is 1.28 bits per heavy atom. The van der Waals surface area contributed by atoms with Gasteiger partial charge in [-0.1, -0.05) is 28.1 Å². The lowest BCUT2D eigenvalue weighted by Gasteiger charge is -2.37. The fourth-order valence-corrected chi connectivity index (χ4v) is 3.60. The molecule has 1 fully saturated rings. The van der Waals surface area contributed by atoms with E-state index in [-0.39, 0.29) is 36.5 Å². The first-order valence-electron chi connectivity index (χ1n) is 8.51. The first kappa shape index (κ1) is 18.1. The summed E-state index contributed by atoms with van der Waals surface area (Å²) >= 11 is 3.40. The highest BCUT2D eigenvalue weighted by molar-refractivity contribution is 9.10. The quantitative estimate of drug-likeness (QED) is 0.697. The Hall–Kier alpha value is -1.66. The monoisotopic (exact) mass is 408 g/mol. The molecule has 6 heteroatoms. The molecule has 0 saturated heterocycles. The summed E-state index contributed by atoms with van der Waals surface area (Å²) in [6, 6.07) is 7.64. The van der Waals surface area contributed by atoms with Gasteiger partial charge in [0.2, 0.25) is 0 Å². The number of ether oxygens (including phenoxy) is 3. The largest absolute Gasteiger partial charge is 0.496 e. The fourth-order valence-electron chi connectivity index (χ4n) is 3.34. The number of halogens is 1. The van der Waals surface area contributed by atoms with E-state index in [9.17, 15) is 9.59 Å². The molecule has 0 N–H and O–H groups in total. The Morgan fingerprint density at radius 2 is 2.04 bits per heavy atom. The summed E-state index contributed by atoms with van der Waals surface area (Å²) in [4.78, 5) is 24.2. The van der Waals surface area contributed by atoms with E-state index in [2.05, 4.69) is 15.9 Å². The van der Waals surface area contributed by atoms with Crippen LogP contribution in [-0.4, -0.2) is 37.2 Å². The zero-order valence-corrected chi connectivity index (χ0v) is 15.7. The lowest BCUT2D eigenvalue weighted by Crippen LogP contribution is -2.41. The molecular weight excluding hydrogens is 388 g/mol. The predicted molar refractivity (Wildman–Crippen MR) is 95.7 cm³/mol. The van der Waals surface area contributed by atoms with Crippen molar-refractivity contribution in [1.82, 2.24) is 0 Å². The maximum Gasteiger partial charge on any atom is 0.332 e. The van der Waals surface area contributed by atoms with Crippen LogP contribution >= 0.6 is 15.9 Å². The molecule has 5 nitrogen and oxygen atoms in total. The molecule has 3 rings (SSSR count). The number of fused-ring (bicyclic) bond motifs is 1. The van der Waals surface area contributed by atoms with Gasteiger partial charge in [-0.05, 0) is 37.5 Å². The number of esters is 1. The van der Waals surface area contributed by atoms with E-state index < -0.39 is 0 Å². The third-order valence-corrected chi connectivity index (χ3v) is 5.13. The van der Waals surface area contributed by atoms with Crippen molar-refractivity contribution in [1.29, 1.82) is 0 Å². The van der Waals surface area contributed by atoms with Gasteiger partial charge >= 0.3 is 5.97 Å². The Morgan fingerprint density at radius 3 is 2.76 bits per heavy atom. The Kier molecular flexibility index (Phi) is 5.91. The molecule has 134 valence electrons. The minimum atomic E-state index is -0.359. The van der Waals surface area contributed by atoms with Crippen LogP contribution in [0, 0.1) is 5.92 Å². The highest BCUT2D eigenvalue weighted by Gasteiger charge is 2.40. The van der Waals surface area contributed by atoms with Gasteiger partial charge in [0.25, 0.3) is 0 Å². The van der Waals surface area contributed by atoms with E-state index in [0.29, 0.717) is 25.0 Å². The summed E-state index contributed by atoms with van der Waals surface area (Å²) in [5.74, 6) is -0.379. The van der Waals surface area contributed by atoms with E-state index in [1.165, 1.54) is 0 Å². The molecular formula is C19H21BrO5. The highest BCUT2D eigenvalue weighted by Crippen LogP contribution is 2.37. The fraction of sp³-hybridized carbons (Fsp3) is 0.474. The lowest BCUT2D eigenvalue weighted by molar-refractivity contribution is -0.153. The van der Waals surface area contributed by atoms with Gasteiger partial charge in [-0.25, -0.2) is 4.79 Å². The molecule has 3 atom stereocenters. The number of allylic oxidation sites excluding steroid dienone is 1. The molecule has 25 heavy (non-hydrogen) atoms. The van der Waals surface area contributed by atoms with E-state index >= 15 is 0 Å². The number of Topliss-reactive ketones (excluding diaryl/α,β-unsaturated/α-hetero) is 1. The summed E-state index contributed by atoms with van der Waals surface area (Å²) in [7, 11) is 0. The molecule has 0 amide bonds. The van der Waals surface area contributed by atoms with Gasteiger partial charge in [0.15, 0.2) is 5.78 Å². The van der Waals surface area contributed by atoms with Crippen molar-refractivity contribution >= 4 is 33.3 Å². The van der Waals surface area contributed by atoms with Crippen molar-refractivity contribution in [2.24, 2.45) is 5.92 Å². The molecule has 0 radical (unpaired) electrons. The van der Waals surface area contributed by atoms with Crippen LogP contribution in [0.1, 0.15) is 31.7 Å². The minimum Gasteiger partial charge on any atom is -0.496 e. The van der Waals surface area contributed by atoms with Gasteiger partial charge in [-0.15, -0.1) is 0 Å². The first-order valence-corrected chi connectivity index (χ1v) is 9.30. The molecule has 3 unspecified atom stereocenters. The van der Waals surface area contributed by atoms with Gasteiger partial charge in [0.05, 0.1) is 30.5 Å². The Balaban J connectivity index is 1.62. The van der Waals surface area contributed by atoms with E-state index in [0.717, 1.165) is 16.5 Å². The number of carbonyl (C=O) groups excluding carboxylic acids is 2. The van der Waals surface area contributed by atoms with Gasteiger partial charge in [0.1, 0.15) is 12.7 Å². The summed E-state index contributed by atoms with van der Waals surface area (Å²) in [6.07, 6.45) is 3.35. The molecule has 1 aliphatic carbocycles. The summed E-state index contributed by atoms with van der Waals surface area (Å²) in [5, 5.41) is 0. The number of benzene rings is 1. The number of ketones is 1.